The summed E-state index contributed by atoms with van der Waals surface area (Å²) in [5.74, 6) is 0.863. The van der Waals surface area contributed by atoms with Crippen LogP contribution in [0.4, 0.5) is 0 Å². The number of hydrogen-bond donors (Lipinski definition) is 2. The Hall–Kier alpha value is -1.65. The second-order valence-corrected chi connectivity index (χ2v) is 7.66. The van der Waals surface area contributed by atoms with Crippen molar-refractivity contribution in [2.75, 3.05) is 39.8 Å². The molecular weight excluding hydrogens is 491 g/mol. The van der Waals surface area contributed by atoms with Crippen molar-refractivity contribution in [2.45, 2.75) is 38.9 Å². The molecule has 166 valence electrons. The average Bonchev–Trinajstić information content (AvgIpc) is 3.24. The fourth-order valence-corrected chi connectivity index (χ4v) is 3.76. The Morgan fingerprint density at radius 1 is 1.13 bits per heavy atom. The molecular formula is C22H35IN6O. The minimum absolute atomic E-state index is 0. The normalized spacial score (nSPS) is 19.9. The van der Waals surface area contributed by atoms with E-state index in [1.165, 1.54) is 5.56 Å². The second-order valence-electron chi connectivity index (χ2n) is 7.66. The summed E-state index contributed by atoms with van der Waals surface area (Å²) in [5, 5.41) is 11.1. The third-order valence-electron chi connectivity index (χ3n) is 5.07. The van der Waals surface area contributed by atoms with Gasteiger partial charge in [0.05, 0.1) is 17.9 Å². The van der Waals surface area contributed by atoms with Gasteiger partial charge in [-0.05, 0) is 50.5 Å². The maximum atomic E-state index is 5.79. The monoisotopic (exact) mass is 526 g/mol. The largest absolute Gasteiger partial charge is 0.373 e. The number of ether oxygens (including phenoxy) is 1. The van der Waals surface area contributed by atoms with Crippen LogP contribution < -0.4 is 10.6 Å². The molecule has 0 radical (unpaired) electrons. The van der Waals surface area contributed by atoms with Crippen LogP contribution in [-0.4, -0.2) is 72.6 Å². The molecule has 2 aromatic rings. The van der Waals surface area contributed by atoms with Gasteiger partial charge >= 0.3 is 0 Å². The first kappa shape index (κ1) is 24.6. The number of benzene rings is 1. The minimum Gasteiger partial charge on any atom is -0.373 e. The van der Waals surface area contributed by atoms with E-state index in [0.29, 0.717) is 12.2 Å². The zero-order chi connectivity index (χ0) is 20.5. The number of hydrogen-bond acceptors (Lipinski definition) is 4. The zero-order valence-corrected chi connectivity index (χ0v) is 20.6. The molecule has 1 saturated heterocycles. The van der Waals surface area contributed by atoms with Gasteiger partial charge < -0.3 is 15.4 Å². The van der Waals surface area contributed by atoms with Gasteiger partial charge in [0, 0.05) is 52.2 Å². The van der Waals surface area contributed by atoms with Crippen molar-refractivity contribution in [1.29, 1.82) is 0 Å². The molecule has 0 amide bonds. The lowest BCUT2D eigenvalue weighted by Gasteiger charge is -2.35. The lowest BCUT2D eigenvalue weighted by Crippen LogP contribution is -2.46. The van der Waals surface area contributed by atoms with E-state index in [4.69, 9.17) is 4.74 Å². The molecule has 0 spiro atoms. The Morgan fingerprint density at radius 2 is 1.83 bits per heavy atom. The van der Waals surface area contributed by atoms with Crippen LogP contribution in [0.2, 0.25) is 0 Å². The number of morpholine rings is 1. The Bertz CT molecular complexity index is 739. The van der Waals surface area contributed by atoms with Crippen LogP contribution in [0.25, 0.3) is 5.69 Å². The third-order valence-corrected chi connectivity index (χ3v) is 5.07. The first-order valence-electron chi connectivity index (χ1n) is 10.6. The van der Waals surface area contributed by atoms with Crippen molar-refractivity contribution in [3.8, 4) is 5.69 Å². The Balaban J connectivity index is 0.00000320. The summed E-state index contributed by atoms with van der Waals surface area (Å²) in [6.07, 6.45) is 6.44. The van der Waals surface area contributed by atoms with E-state index in [9.17, 15) is 0 Å². The van der Waals surface area contributed by atoms with E-state index in [1.807, 2.05) is 24.0 Å². The fraction of sp³-hybridized carbons (Fsp3) is 0.545. The number of halogens is 1. The summed E-state index contributed by atoms with van der Waals surface area (Å²) < 4.78 is 7.66. The summed E-state index contributed by atoms with van der Waals surface area (Å²) >= 11 is 0. The van der Waals surface area contributed by atoms with Gasteiger partial charge in [0.2, 0.25) is 0 Å². The summed E-state index contributed by atoms with van der Waals surface area (Å²) in [5.41, 5.74) is 2.37. The molecule has 7 nitrogen and oxygen atoms in total. The second kappa shape index (κ2) is 12.9. The first-order valence-corrected chi connectivity index (χ1v) is 10.6. The average molecular weight is 526 g/mol. The number of rotatable bonds is 8. The highest BCUT2D eigenvalue weighted by Gasteiger charge is 2.21. The lowest BCUT2D eigenvalue weighted by atomic mass is 10.1. The Morgan fingerprint density at radius 3 is 2.47 bits per heavy atom. The lowest BCUT2D eigenvalue weighted by molar-refractivity contribution is -0.0679. The summed E-state index contributed by atoms with van der Waals surface area (Å²) in [6.45, 7) is 9.20. The molecule has 1 aromatic carbocycles. The van der Waals surface area contributed by atoms with Crippen LogP contribution in [0.15, 0.2) is 47.7 Å². The highest BCUT2D eigenvalue weighted by molar-refractivity contribution is 14.0. The molecule has 8 heteroatoms. The van der Waals surface area contributed by atoms with Gasteiger partial charge in [0.15, 0.2) is 5.96 Å². The molecule has 1 aliphatic heterocycles. The van der Waals surface area contributed by atoms with Crippen LogP contribution in [0.5, 0.6) is 0 Å². The molecule has 1 fully saturated rings. The van der Waals surface area contributed by atoms with Crippen LogP contribution >= 0.6 is 24.0 Å². The molecule has 0 aliphatic carbocycles. The fourth-order valence-electron chi connectivity index (χ4n) is 3.76. The zero-order valence-electron chi connectivity index (χ0n) is 18.3. The molecule has 0 bridgehead atoms. The van der Waals surface area contributed by atoms with Gasteiger partial charge in [-0.15, -0.1) is 24.0 Å². The molecule has 2 unspecified atom stereocenters. The third kappa shape index (κ3) is 7.88. The van der Waals surface area contributed by atoms with Gasteiger partial charge in [-0.25, -0.2) is 4.68 Å². The SMILES string of the molecule is CN=C(NCCCN1CC(C)OC(C)C1)NCCc1ccc(-n2cccn2)cc1.I. The Labute approximate surface area is 197 Å². The Kier molecular flexibility index (Phi) is 10.6. The van der Waals surface area contributed by atoms with E-state index in [-0.39, 0.29) is 24.0 Å². The highest BCUT2D eigenvalue weighted by atomic mass is 127. The number of aliphatic imine (C=N–C) groups is 1. The smallest absolute Gasteiger partial charge is 0.190 e. The molecule has 30 heavy (non-hydrogen) atoms. The van der Waals surface area contributed by atoms with Gasteiger partial charge in [-0.2, -0.15) is 5.10 Å². The van der Waals surface area contributed by atoms with Crippen LogP contribution in [0, 0.1) is 0 Å². The molecule has 1 aromatic heterocycles. The maximum absolute atomic E-state index is 5.79. The molecule has 2 N–H and O–H groups in total. The summed E-state index contributed by atoms with van der Waals surface area (Å²) in [7, 11) is 1.82. The highest BCUT2D eigenvalue weighted by Crippen LogP contribution is 2.10. The van der Waals surface area contributed by atoms with Gasteiger partial charge in [0.25, 0.3) is 0 Å². The predicted molar refractivity (Wildman–Crippen MR) is 133 cm³/mol. The molecule has 1 aliphatic rings. The minimum atomic E-state index is 0. The molecule has 0 saturated carbocycles. The van der Waals surface area contributed by atoms with Crippen molar-refractivity contribution >= 4 is 29.9 Å². The predicted octanol–water partition coefficient (Wildman–Crippen LogP) is 2.70. The van der Waals surface area contributed by atoms with Crippen molar-refractivity contribution in [3.63, 3.8) is 0 Å². The number of guanidine groups is 1. The molecule has 2 heterocycles. The van der Waals surface area contributed by atoms with Crippen molar-refractivity contribution in [1.82, 2.24) is 25.3 Å². The van der Waals surface area contributed by atoms with Crippen LogP contribution in [-0.2, 0) is 11.2 Å². The van der Waals surface area contributed by atoms with E-state index in [1.54, 1.807) is 6.20 Å². The maximum Gasteiger partial charge on any atom is 0.190 e. The van der Waals surface area contributed by atoms with Crippen LogP contribution in [0.3, 0.4) is 0 Å². The van der Waals surface area contributed by atoms with Crippen molar-refractivity contribution in [2.24, 2.45) is 4.99 Å². The molecule has 3 rings (SSSR count). The van der Waals surface area contributed by atoms with E-state index in [0.717, 1.165) is 57.2 Å². The number of aromatic nitrogens is 2. The number of nitrogens with one attached hydrogen (secondary N) is 2. The molecule has 2 atom stereocenters. The van der Waals surface area contributed by atoms with E-state index < -0.39 is 0 Å². The topological polar surface area (TPSA) is 66.7 Å². The van der Waals surface area contributed by atoms with E-state index >= 15 is 0 Å². The van der Waals surface area contributed by atoms with Crippen molar-refractivity contribution in [3.05, 3.63) is 48.3 Å². The first-order chi connectivity index (χ1) is 14.1. The van der Waals surface area contributed by atoms with Gasteiger partial charge in [-0.1, -0.05) is 12.1 Å². The standard InChI is InChI=1S/C22H34N6O.HI/c1-18-16-27(17-19(2)29-18)14-4-11-24-22(23-3)25-13-10-20-6-8-21(9-7-20)28-15-5-12-26-28;/h5-9,12,15,18-19H,4,10-11,13-14,16-17H2,1-3H3,(H2,23,24,25);1H. The van der Waals surface area contributed by atoms with Crippen LogP contribution in [0.1, 0.15) is 25.8 Å². The van der Waals surface area contributed by atoms with Crippen molar-refractivity contribution < 1.29 is 4.74 Å². The quantitative estimate of drug-likeness (QED) is 0.240. The van der Waals surface area contributed by atoms with Gasteiger partial charge in [-0.3, -0.25) is 9.89 Å². The summed E-state index contributed by atoms with van der Waals surface area (Å²) in [4.78, 5) is 6.81. The summed E-state index contributed by atoms with van der Waals surface area (Å²) in [6, 6.07) is 10.4. The van der Waals surface area contributed by atoms with E-state index in [2.05, 4.69) is 63.7 Å². The van der Waals surface area contributed by atoms with Gasteiger partial charge in [0.1, 0.15) is 0 Å². The number of nitrogens with zero attached hydrogens (tertiary/aromatic N) is 4.